The number of nitrogens with one attached hydrogen (secondary N) is 1. The third-order valence-electron chi connectivity index (χ3n) is 2.42. The zero-order valence-corrected chi connectivity index (χ0v) is 12.8. The normalized spacial score (nSPS) is 10.3. The molecule has 98 valence electrons. The molecule has 0 aliphatic rings. The first-order valence-corrected chi connectivity index (χ1v) is 6.79. The highest BCUT2D eigenvalue weighted by molar-refractivity contribution is 9.10. The molecule has 0 aliphatic heterocycles. The Bertz CT molecular complexity index is 629. The highest BCUT2D eigenvalue weighted by Crippen LogP contribution is 2.21. The minimum Gasteiger partial charge on any atom is -0.306 e. The van der Waals surface area contributed by atoms with E-state index in [0.717, 1.165) is 10.0 Å². The maximum atomic E-state index is 12.1. The second-order valence-electron chi connectivity index (χ2n) is 3.71. The summed E-state index contributed by atoms with van der Waals surface area (Å²) in [4.78, 5) is 19.7. The van der Waals surface area contributed by atoms with E-state index in [9.17, 15) is 4.79 Å². The molecular formula is C12H8BrCl2N3O. The molecule has 0 atom stereocenters. The molecule has 1 aromatic heterocycles. The summed E-state index contributed by atoms with van der Waals surface area (Å²) in [6, 6.07) is 6.80. The molecule has 0 radical (unpaired) electrons. The third-order valence-corrected chi connectivity index (χ3v) is 3.64. The Morgan fingerprint density at radius 2 is 2.05 bits per heavy atom. The number of nitrogens with zero attached hydrogens (tertiary/aromatic N) is 2. The lowest BCUT2D eigenvalue weighted by atomic mass is 10.1. The van der Waals surface area contributed by atoms with Gasteiger partial charge in [0, 0.05) is 16.1 Å². The van der Waals surface area contributed by atoms with Crippen molar-refractivity contribution in [3.63, 3.8) is 0 Å². The van der Waals surface area contributed by atoms with Gasteiger partial charge in [-0.25, -0.2) is 9.97 Å². The molecule has 1 amide bonds. The van der Waals surface area contributed by atoms with Crippen molar-refractivity contribution in [1.82, 2.24) is 9.97 Å². The highest BCUT2D eigenvalue weighted by atomic mass is 79.9. The van der Waals surface area contributed by atoms with E-state index in [-0.39, 0.29) is 22.2 Å². The van der Waals surface area contributed by atoms with E-state index in [1.165, 1.54) is 6.07 Å². The van der Waals surface area contributed by atoms with Gasteiger partial charge in [-0.1, -0.05) is 33.6 Å². The molecule has 0 spiro atoms. The number of benzene rings is 1. The summed E-state index contributed by atoms with van der Waals surface area (Å²) >= 11 is 14.8. The van der Waals surface area contributed by atoms with Gasteiger partial charge in [0.2, 0.25) is 5.28 Å². The molecule has 4 nitrogen and oxygen atoms in total. The zero-order chi connectivity index (χ0) is 14.0. The summed E-state index contributed by atoms with van der Waals surface area (Å²) in [5.74, 6) is -0.0287. The fourth-order valence-electron chi connectivity index (χ4n) is 1.49. The maximum absolute atomic E-state index is 12.1. The van der Waals surface area contributed by atoms with E-state index in [2.05, 4.69) is 31.2 Å². The number of anilines is 1. The van der Waals surface area contributed by atoms with Crippen molar-refractivity contribution in [2.75, 3.05) is 5.32 Å². The van der Waals surface area contributed by atoms with Gasteiger partial charge in [0.1, 0.15) is 11.0 Å². The Morgan fingerprint density at radius 1 is 1.32 bits per heavy atom. The van der Waals surface area contributed by atoms with Crippen molar-refractivity contribution in [1.29, 1.82) is 0 Å². The van der Waals surface area contributed by atoms with Crippen molar-refractivity contribution < 1.29 is 4.79 Å². The van der Waals surface area contributed by atoms with Gasteiger partial charge in [0.15, 0.2) is 0 Å². The van der Waals surface area contributed by atoms with Crippen LogP contribution in [0.4, 0.5) is 5.82 Å². The monoisotopic (exact) mass is 359 g/mol. The molecule has 2 aromatic rings. The van der Waals surface area contributed by atoms with Gasteiger partial charge in [-0.15, -0.1) is 0 Å². The molecular weight excluding hydrogens is 353 g/mol. The number of carbonyl (C=O) groups excluding carboxylic acids is 1. The third kappa shape index (κ3) is 3.43. The summed E-state index contributed by atoms with van der Waals surface area (Å²) < 4.78 is 0.860. The van der Waals surface area contributed by atoms with Gasteiger partial charge < -0.3 is 5.32 Å². The van der Waals surface area contributed by atoms with E-state index in [4.69, 9.17) is 23.2 Å². The first-order valence-electron chi connectivity index (χ1n) is 5.24. The Morgan fingerprint density at radius 3 is 2.74 bits per heavy atom. The summed E-state index contributed by atoms with van der Waals surface area (Å²) in [5.41, 5.74) is 1.38. The first kappa shape index (κ1) is 14.2. The Labute approximate surface area is 128 Å². The van der Waals surface area contributed by atoms with E-state index >= 15 is 0 Å². The van der Waals surface area contributed by atoms with E-state index in [0.29, 0.717) is 5.56 Å². The standard InChI is InChI=1S/C12H8BrCl2N3O/c1-6-7(3-2-4-8(6)13)11(19)17-10-5-9(14)16-12(15)18-10/h2-5H,1H3,(H,16,17,18,19). The smallest absolute Gasteiger partial charge is 0.257 e. The number of amides is 1. The average Bonchev–Trinajstić information content (AvgIpc) is 2.31. The van der Waals surface area contributed by atoms with Gasteiger partial charge in [-0.2, -0.15) is 0 Å². The predicted molar refractivity (Wildman–Crippen MR) is 78.9 cm³/mol. The van der Waals surface area contributed by atoms with Crippen molar-refractivity contribution >= 4 is 50.9 Å². The second-order valence-corrected chi connectivity index (χ2v) is 5.29. The average molecular weight is 361 g/mol. The van der Waals surface area contributed by atoms with E-state index in [1.807, 2.05) is 13.0 Å². The van der Waals surface area contributed by atoms with Gasteiger partial charge in [-0.05, 0) is 36.2 Å². The Balaban J connectivity index is 2.28. The fourth-order valence-corrected chi connectivity index (χ4v) is 2.27. The summed E-state index contributed by atoms with van der Waals surface area (Å²) in [6.45, 7) is 1.85. The molecule has 1 heterocycles. The highest BCUT2D eigenvalue weighted by Gasteiger charge is 2.12. The molecule has 7 heteroatoms. The molecule has 0 bridgehead atoms. The van der Waals surface area contributed by atoms with Crippen LogP contribution in [0.2, 0.25) is 10.4 Å². The van der Waals surface area contributed by atoms with Crippen LogP contribution in [0.3, 0.4) is 0 Å². The molecule has 0 fully saturated rings. The molecule has 0 unspecified atom stereocenters. The molecule has 0 saturated carbocycles. The number of rotatable bonds is 2. The minimum atomic E-state index is -0.287. The predicted octanol–water partition coefficient (Wildman–Crippen LogP) is 4.11. The molecule has 0 aliphatic carbocycles. The van der Waals surface area contributed by atoms with Gasteiger partial charge in [-0.3, -0.25) is 4.79 Å². The lowest BCUT2D eigenvalue weighted by molar-refractivity contribution is 0.102. The molecule has 1 N–H and O–H groups in total. The van der Waals surface area contributed by atoms with Crippen LogP contribution in [0.1, 0.15) is 15.9 Å². The second kappa shape index (κ2) is 5.86. The van der Waals surface area contributed by atoms with E-state index < -0.39 is 0 Å². The lowest BCUT2D eigenvalue weighted by Gasteiger charge is -2.08. The molecule has 0 saturated heterocycles. The number of halogens is 3. The maximum Gasteiger partial charge on any atom is 0.257 e. The van der Waals surface area contributed by atoms with Crippen molar-refractivity contribution in [3.8, 4) is 0 Å². The Hall–Kier alpha value is -1.17. The van der Waals surface area contributed by atoms with Crippen molar-refractivity contribution in [2.24, 2.45) is 0 Å². The van der Waals surface area contributed by atoms with Crippen LogP contribution >= 0.6 is 39.1 Å². The first-order chi connectivity index (χ1) is 8.97. The topological polar surface area (TPSA) is 54.9 Å². The largest absolute Gasteiger partial charge is 0.306 e. The summed E-state index contributed by atoms with van der Waals surface area (Å²) in [6.07, 6.45) is 0. The van der Waals surface area contributed by atoms with Gasteiger partial charge in [0.25, 0.3) is 5.91 Å². The number of aromatic nitrogens is 2. The van der Waals surface area contributed by atoms with Gasteiger partial charge in [0.05, 0.1) is 0 Å². The van der Waals surface area contributed by atoms with Crippen LogP contribution in [0.5, 0.6) is 0 Å². The molecule has 2 rings (SSSR count). The van der Waals surface area contributed by atoms with Crippen LogP contribution in [-0.2, 0) is 0 Å². The minimum absolute atomic E-state index is 0.0197. The van der Waals surface area contributed by atoms with Crippen LogP contribution in [0.25, 0.3) is 0 Å². The van der Waals surface area contributed by atoms with Crippen LogP contribution in [0, 0.1) is 6.92 Å². The molecule has 19 heavy (non-hydrogen) atoms. The summed E-state index contributed by atoms with van der Waals surface area (Å²) in [5, 5.41) is 2.78. The van der Waals surface area contributed by atoms with Crippen molar-refractivity contribution in [3.05, 3.63) is 50.3 Å². The number of hydrogen-bond acceptors (Lipinski definition) is 3. The SMILES string of the molecule is Cc1c(Br)cccc1C(=O)Nc1cc(Cl)nc(Cl)n1. The van der Waals surface area contributed by atoms with Crippen molar-refractivity contribution in [2.45, 2.75) is 6.92 Å². The van der Waals surface area contributed by atoms with Crippen LogP contribution in [0.15, 0.2) is 28.7 Å². The van der Waals surface area contributed by atoms with E-state index in [1.54, 1.807) is 12.1 Å². The number of hydrogen-bond donors (Lipinski definition) is 1. The molecule has 1 aromatic carbocycles. The zero-order valence-electron chi connectivity index (χ0n) is 9.75. The quantitative estimate of drug-likeness (QED) is 0.647. The fraction of sp³-hybridized carbons (Fsp3) is 0.0833. The van der Waals surface area contributed by atoms with Crippen LogP contribution in [-0.4, -0.2) is 15.9 Å². The lowest BCUT2D eigenvalue weighted by Crippen LogP contribution is -2.14. The van der Waals surface area contributed by atoms with Crippen LogP contribution < -0.4 is 5.32 Å². The summed E-state index contributed by atoms with van der Waals surface area (Å²) in [7, 11) is 0. The number of carbonyl (C=O) groups is 1. The van der Waals surface area contributed by atoms with Gasteiger partial charge >= 0.3 is 0 Å². The Kier molecular flexibility index (Phi) is 4.39.